The van der Waals surface area contributed by atoms with E-state index in [0.717, 1.165) is 0 Å². The first-order valence-electron chi connectivity index (χ1n) is 10.8. The van der Waals surface area contributed by atoms with Gasteiger partial charge in [0.15, 0.2) is 0 Å². The number of aryl methyl sites for hydroxylation is 2. The van der Waals surface area contributed by atoms with Gasteiger partial charge in [0.25, 0.3) is 0 Å². The molecule has 30 heavy (non-hydrogen) atoms. The zero-order chi connectivity index (χ0) is 19.4. The monoisotopic (exact) mass is 426 g/mol. The molecule has 146 valence electrons. The third kappa shape index (κ3) is 2.13. The minimum absolute atomic E-state index is 0.309. The van der Waals surface area contributed by atoms with Crippen molar-refractivity contribution in [2.24, 2.45) is 0 Å². The van der Waals surface area contributed by atoms with Gasteiger partial charge in [-0.05, 0) is 34.2 Å². The molecule has 0 bridgehead atoms. The molecule has 0 spiro atoms. The normalized spacial score (nSPS) is 28.3. The summed E-state index contributed by atoms with van der Waals surface area (Å²) < 4.78 is 12.1. The molecule has 2 aromatic carbocycles. The van der Waals surface area contributed by atoms with Gasteiger partial charge in [-0.1, -0.05) is 72.8 Å². The average Bonchev–Trinajstić information content (AvgIpc) is 3.70. The van der Waals surface area contributed by atoms with Crippen LogP contribution in [-0.4, -0.2) is 12.2 Å². The summed E-state index contributed by atoms with van der Waals surface area (Å²) >= 11 is 0. The van der Waals surface area contributed by atoms with Gasteiger partial charge in [-0.25, -0.2) is 0 Å². The van der Waals surface area contributed by atoms with Crippen LogP contribution in [0.4, 0.5) is 0 Å². The second-order valence-corrected chi connectivity index (χ2v) is 13.2. The fourth-order valence-electron chi connectivity index (χ4n) is 5.71. The zero-order valence-electron chi connectivity index (χ0n) is 16.4. The Hall–Kier alpha value is -2.08. The van der Waals surface area contributed by atoms with Crippen LogP contribution in [0.3, 0.4) is 0 Å². The fourth-order valence-corrected chi connectivity index (χ4v) is 12.3. The maximum atomic E-state index is 6.03. The third-order valence-corrected chi connectivity index (χ3v) is 12.9. The van der Waals surface area contributed by atoms with Crippen molar-refractivity contribution in [3.05, 3.63) is 82.4 Å². The summed E-state index contributed by atoms with van der Waals surface area (Å²) in [5, 5.41) is 9.26. The number of hydrogen-bond donors (Lipinski definition) is 0. The van der Waals surface area contributed by atoms with Gasteiger partial charge in [-0.15, -0.1) is 15.1 Å². The van der Waals surface area contributed by atoms with Crippen LogP contribution in [0.1, 0.15) is 33.9 Å². The predicted octanol–water partition coefficient (Wildman–Crippen LogP) is 7.60. The lowest BCUT2D eigenvalue weighted by Gasteiger charge is -2.11. The smallest absolute Gasteiger partial charge is 0.117 e. The number of ether oxygens (including phenoxy) is 2. The fraction of sp³-hybridized carbons (Fsp3) is 0.231. The summed E-state index contributed by atoms with van der Waals surface area (Å²) in [5.74, 6) is 0. The second-order valence-electron chi connectivity index (χ2n) is 8.70. The van der Waals surface area contributed by atoms with E-state index in [9.17, 15) is 0 Å². The van der Waals surface area contributed by atoms with E-state index in [2.05, 4.69) is 72.8 Å². The van der Waals surface area contributed by atoms with Gasteiger partial charge in [0, 0.05) is 20.8 Å². The van der Waals surface area contributed by atoms with Gasteiger partial charge in [-0.2, -0.15) is 0 Å². The van der Waals surface area contributed by atoms with Crippen molar-refractivity contribution in [3.8, 4) is 0 Å². The molecule has 0 saturated carbocycles. The third-order valence-electron chi connectivity index (χ3n) is 7.15. The van der Waals surface area contributed by atoms with E-state index in [0.29, 0.717) is 24.4 Å². The molecule has 2 aliphatic heterocycles. The van der Waals surface area contributed by atoms with E-state index >= 15 is 0 Å². The molecule has 2 aromatic heterocycles. The zero-order valence-corrected chi connectivity index (χ0v) is 18.2. The number of hydrogen-bond acceptors (Lipinski definition) is 2. The minimum atomic E-state index is -0.309. The molecule has 0 amide bonds. The van der Waals surface area contributed by atoms with Crippen LogP contribution in [-0.2, 0) is 21.8 Å². The van der Waals surface area contributed by atoms with Gasteiger partial charge in [-0.3, -0.25) is 0 Å². The van der Waals surface area contributed by atoms with Gasteiger partial charge in [0.05, 0.1) is 0 Å². The molecule has 4 heterocycles. The summed E-state index contributed by atoms with van der Waals surface area (Å²) in [6.45, 7) is 0. The van der Waals surface area contributed by atoms with E-state index in [-0.39, 0.29) is 15.1 Å². The van der Waals surface area contributed by atoms with E-state index in [1.165, 1.54) is 34.2 Å². The molecular formula is C26H20O2P2. The molecule has 2 saturated heterocycles. The molecule has 2 aliphatic carbocycles. The Morgan fingerprint density at radius 1 is 0.633 bits per heavy atom. The first-order chi connectivity index (χ1) is 14.9. The summed E-state index contributed by atoms with van der Waals surface area (Å²) in [6.07, 6.45) is 13.0. The van der Waals surface area contributed by atoms with Gasteiger partial charge in [0.1, 0.15) is 24.4 Å². The van der Waals surface area contributed by atoms with Crippen LogP contribution in [0.5, 0.6) is 0 Å². The lowest BCUT2D eigenvalue weighted by atomic mass is 10.0. The lowest BCUT2D eigenvalue weighted by molar-refractivity contribution is 0.397. The minimum Gasteiger partial charge on any atom is -0.360 e. The molecule has 0 radical (unpaired) electrons. The summed E-state index contributed by atoms with van der Waals surface area (Å²) in [7, 11) is -0.617. The Labute approximate surface area is 176 Å². The molecular weight excluding hydrogens is 406 g/mol. The SMILES string of the molecule is C1=CC2OC2c2c1c1ccccc1p2CCp1c2c(c3ccccc31)C=CC1OC21. The summed E-state index contributed by atoms with van der Waals surface area (Å²) in [6, 6.07) is 18.2. The molecule has 2 fully saturated rings. The van der Waals surface area contributed by atoms with Crippen LogP contribution < -0.4 is 0 Å². The molecule has 6 atom stereocenters. The number of benzene rings is 2. The van der Waals surface area contributed by atoms with Crippen molar-refractivity contribution < 1.29 is 9.47 Å². The van der Waals surface area contributed by atoms with Crippen molar-refractivity contribution in [2.45, 2.75) is 36.7 Å². The Balaban J connectivity index is 1.29. The molecule has 4 heteroatoms. The standard InChI is InChI=1S/C26H20O2P2/c1-3-7-21-15(5-1)17-9-11-19-23(27-19)25(17)29(21)13-14-30-22-8-4-2-6-16(22)18-10-12-20-24(28-20)26(18)30/h1-12,19-20,23-24H,13-14H2. The number of epoxide rings is 2. The van der Waals surface area contributed by atoms with Gasteiger partial charge >= 0.3 is 0 Å². The van der Waals surface area contributed by atoms with E-state index < -0.39 is 0 Å². The van der Waals surface area contributed by atoms with Crippen molar-refractivity contribution in [3.63, 3.8) is 0 Å². The van der Waals surface area contributed by atoms with Crippen LogP contribution in [0.15, 0.2) is 60.7 Å². The predicted molar refractivity (Wildman–Crippen MR) is 127 cm³/mol. The van der Waals surface area contributed by atoms with Crippen molar-refractivity contribution in [2.75, 3.05) is 0 Å². The van der Waals surface area contributed by atoms with Crippen molar-refractivity contribution in [1.29, 1.82) is 0 Å². The highest BCUT2D eigenvalue weighted by molar-refractivity contribution is 7.59. The highest BCUT2D eigenvalue weighted by Crippen LogP contribution is 2.63. The maximum Gasteiger partial charge on any atom is 0.117 e. The number of fused-ring (bicyclic) bond motifs is 10. The van der Waals surface area contributed by atoms with Gasteiger partial charge in [0.2, 0.25) is 0 Å². The first kappa shape index (κ1) is 16.6. The lowest BCUT2D eigenvalue weighted by Crippen LogP contribution is -1.92. The number of rotatable bonds is 3. The topological polar surface area (TPSA) is 25.1 Å². The maximum absolute atomic E-state index is 6.03. The largest absolute Gasteiger partial charge is 0.360 e. The molecule has 4 aliphatic rings. The summed E-state index contributed by atoms with van der Waals surface area (Å²) in [5.41, 5.74) is 2.92. The van der Waals surface area contributed by atoms with E-state index in [4.69, 9.17) is 9.47 Å². The molecule has 4 aromatic rings. The Bertz CT molecular complexity index is 1330. The Morgan fingerprint density at radius 2 is 1.10 bits per heavy atom. The van der Waals surface area contributed by atoms with Crippen molar-refractivity contribution in [1.82, 2.24) is 0 Å². The molecule has 0 N–H and O–H groups in total. The van der Waals surface area contributed by atoms with Crippen LogP contribution in [0, 0.1) is 0 Å². The van der Waals surface area contributed by atoms with Crippen molar-refractivity contribution >= 4 is 48.2 Å². The van der Waals surface area contributed by atoms with Crippen LogP contribution in [0.25, 0.3) is 33.2 Å². The highest BCUT2D eigenvalue weighted by atomic mass is 31.1. The Morgan fingerprint density at radius 3 is 1.60 bits per heavy atom. The highest BCUT2D eigenvalue weighted by Gasteiger charge is 2.46. The van der Waals surface area contributed by atoms with Gasteiger partial charge < -0.3 is 9.47 Å². The van der Waals surface area contributed by atoms with Crippen LogP contribution in [0.2, 0.25) is 0 Å². The molecule has 8 rings (SSSR count). The van der Waals surface area contributed by atoms with E-state index in [1.807, 2.05) is 0 Å². The molecule has 6 unspecified atom stereocenters. The van der Waals surface area contributed by atoms with E-state index in [1.54, 1.807) is 20.8 Å². The molecule has 2 nitrogen and oxygen atoms in total. The second kappa shape index (κ2) is 5.78. The summed E-state index contributed by atoms with van der Waals surface area (Å²) in [4.78, 5) is 0. The average molecular weight is 426 g/mol. The van der Waals surface area contributed by atoms with Crippen LogP contribution >= 0.6 is 15.1 Å². The Kier molecular flexibility index (Phi) is 3.20. The first-order valence-corrected chi connectivity index (χ1v) is 13.8. The quantitative estimate of drug-likeness (QED) is 0.315.